The Morgan fingerprint density at radius 3 is 1.58 bits per heavy atom. The quantitative estimate of drug-likeness (QED) is 0.633. The molecule has 0 heterocycles. The first-order valence-electron chi connectivity index (χ1n) is 10.1. The molecule has 0 saturated heterocycles. The lowest BCUT2D eigenvalue weighted by atomic mass is 9.53. The van der Waals surface area contributed by atoms with Crippen LogP contribution in [0.25, 0.3) is 0 Å². The largest absolute Gasteiger partial charge is 0.481 e. The number of carbonyl (C=O) groups is 4. The fourth-order valence-electron chi connectivity index (χ4n) is 4.19. The summed E-state index contributed by atoms with van der Waals surface area (Å²) in [5.74, 6) is -7.44. The van der Waals surface area contributed by atoms with Gasteiger partial charge in [0, 0.05) is 18.3 Å². The molecule has 0 spiro atoms. The van der Waals surface area contributed by atoms with Crippen molar-refractivity contribution in [3.05, 3.63) is 59.7 Å². The predicted molar refractivity (Wildman–Crippen MR) is 111 cm³/mol. The van der Waals surface area contributed by atoms with Gasteiger partial charge in [-0.3, -0.25) is 19.2 Å². The van der Waals surface area contributed by atoms with Gasteiger partial charge in [-0.1, -0.05) is 31.2 Å². The summed E-state index contributed by atoms with van der Waals surface area (Å²) in [6.07, 6.45) is 0.816. The Balaban J connectivity index is 1.69. The highest BCUT2D eigenvalue weighted by Gasteiger charge is 2.62. The maximum absolute atomic E-state index is 12.8. The van der Waals surface area contributed by atoms with Crippen molar-refractivity contribution in [1.82, 2.24) is 0 Å². The molecule has 31 heavy (non-hydrogen) atoms. The van der Waals surface area contributed by atoms with Crippen LogP contribution in [0.5, 0.6) is 11.5 Å². The Morgan fingerprint density at radius 2 is 1.19 bits per heavy atom. The highest BCUT2D eigenvalue weighted by atomic mass is 16.5. The van der Waals surface area contributed by atoms with E-state index in [2.05, 4.69) is 6.92 Å². The molecule has 1 saturated carbocycles. The maximum atomic E-state index is 12.8. The fraction of sp³-hybridized carbons (Fsp3) is 0.333. The molecule has 0 amide bonds. The van der Waals surface area contributed by atoms with Crippen LogP contribution in [0, 0.1) is 23.7 Å². The number of aryl methyl sites for hydroxylation is 1. The molecule has 7 heteroatoms. The van der Waals surface area contributed by atoms with Crippen molar-refractivity contribution in [2.45, 2.75) is 26.7 Å². The Hall–Kier alpha value is -3.48. The van der Waals surface area contributed by atoms with E-state index < -0.39 is 47.2 Å². The van der Waals surface area contributed by atoms with E-state index in [-0.39, 0.29) is 6.42 Å². The zero-order valence-corrected chi connectivity index (χ0v) is 17.3. The summed E-state index contributed by atoms with van der Waals surface area (Å²) < 4.78 is 5.78. The Labute approximate surface area is 179 Å². The first kappa shape index (κ1) is 22.2. The molecule has 1 aliphatic carbocycles. The van der Waals surface area contributed by atoms with Crippen molar-refractivity contribution >= 4 is 23.5 Å². The fourth-order valence-corrected chi connectivity index (χ4v) is 4.19. The molecule has 2 N–H and O–H groups in total. The van der Waals surface area contributed by atoms with Crippen molar-refractivity contribution in [2.75, 3.05) is 0 Å². The summed E-state index contributed by atoms with van der Waals surface area (Å²) in [5.41, 5.74) is 1.81. The second kappa shape index (κ2) is 9.12. The smallest absolute Gasteiger partial charge is 0.308 e. The molecular weight excluding hydrogens is 400 g/mol. The highest BCUT2D eigenvalue weighted by molar-refractivity contribution is 6.00. The van der Waals surface area contributed by atoms with Gasteiger partial charge in [0.15, 0.2) is 0 Å². The standard InChI is InChI=1S/C24H24O7/c1-3-14-4-8-16(9-5-14)31-17-10-6-15(7-11-17)12-18(26)20-21(23(27)28)19(13(2)25)22(20)24(29)30/h4-11,19-22H,3,12H2,1-2H3,(H,27,28)(H,29,30). The second-order valence-corrected chi connectivity index (χ2v) is 7.78. The number of Topliss-reactive ketones (excluding diaryl/α,β-unsaturated/α-hetero) is 2. The van der Waals surface area contributed by atoms with Crippen molar-refractivity contribution in [1.29, 1.82) is 0 Å². The molecule has 2 aromatic carbocycles. The van der Waals surface area contributed by atoms with Gasteiger partial charge in [0.2, 0.25) is 0 Å². The maximum Gasteiger partial charge on any atom is 0.308 e. The molecular formula is C24H24O7. The topological polar surface area (TPSA) is 118 Å². The molecule has 2 atom stereocenters. The molecule has 2 aromatic rings. The van der Waals surface area contributed by atoms with Crippen molar-refractivity contribution in [2.24, 2.45) is 23.7 Å². The van der Waals surface area contributed by atoms with E-state index in [0.717, 1.165) is 13.3 Å². The molecule has 162 valence electrons. The molecule has 0 aliphatic heterocycles. The number of carbonyl (C=O) groups excluding carboxylic acids is 2. The van der Waals surface area contributed by atoms with Gasteiger partial charge in [0.1, 0.15) is 23.1 Å². The third-order valence-electron chi connectivity index (χ3n) is 5.83. The minimum Gasteiger partial charge on any atom is -0.481 e. The van der Waals surface area contributed by atoms with Gasteiger partial charge in [0.25, 0.3) is 0 Å². The second-order valence-electron chi connectivity index (χ2n) is 7.78. The average molecular weight is 424 g/mol. The SMILES string of the molecule is CCc1ccc(Oc2ccc(CC(=O)C3C(C(=O)O)C(C(C)=O)C3C(=O)O)cc2)cc1. The molecule has 2 unspecified atom stereocenters. The summed E-state index contributed by atoms with van der Waals surface area (Å²) >= 11 is 0. The number of rotatable bonds is 9. The van der Waals surface area contributed by atoms with Crippen LogP contribution in [0.4, 0.5) is 0 Å². The number of ketones is 2. The van der Waals surface area contributed by atoms with Crippen LogP contribution in [0.15, 0.2) is 48.5 Å². The molecule has 3 rings (SSSR count). The van der Waals surface area contributed by atoms with Crippen LogP contribution in [0.2, 0.25) is 0 Å². The van der Waals surface area contributed by atoms with E-state index in [9.17, 15) is 29.4 Å². The number of hydrogen-bond acceptors (Lipinski definition) is 5. The third-order valence-corrected chi connectivity index (χ3v) is 5.83. The lowest BCUT2D eigenvalue weighted by Gasteiger charge is -2.45. The first-order valence-corrected chi connectivity index (χ1v) is 10.1. The number of carboxylic acid groups (broad SMARTS) is 2. The lowest BCUT2D eigenvalue weighted by Crippen LogP contribution is -2.59. The summed E-state index contributed by atoms with van der Waals surface area (Å²) in [6.45, 7) is 3.23. The van der Waals surface area contributed by atoms with Crippen LogP contribution in [0.3, 0.4) is 0 Å². The Morgan fingerprint density at radius 1 is 0.742 bits per heavy atom. The van der Waals surface area contributed by atoms with E-state index in [0.29, 0.717) is 17.1 Å². The number of benzene rings is 2. The van der Waals surface area contributed by atoms with Crippen LogP contribution in [-0.4, -0.2) is 33.7 Å². The number of aliphatic carboxylic acids is 2. The van der Waals surface area contributed by atoms with E-state index in [4.69, 9.17) is 4.74 Å². The van der Waals surface area contributed by atoms with Gasteiger partial charge in [-0.2, -0.15) is 0 Å². The molecule has 7 nitrogen and oxygen atoms in total. The van der Waals surface area contributed by atoms with Crippen LogP contribution >= 0.6 is 0 Å². The number of hydrogen-bond donors (Lipinski definition) is 2. The average Bonchev–Trinajstić information content (AvgIpc) is 2.68. The summed E-state index contributed by atoms with van der Waals surface area (Å²) in [7, 11) is 0. The zero-order valence-electron chi connectivity index (χ0n) is 17.3. The monoisotopic (exact) mass is 424 g/mol. The summed E-state index contributed by atoms with van der Waals surface area (Å²) in [5, 5.41) is 18.9. The van der Waals surface area contributed by atoms with Crippen LogP contribution in [0.1, 0.15) is 25.0 Å². The lowest BCUT2D eigenvalue weighted by molar-refractivity contribution is -0.179. The molecule has 0 aromatic heterocycles. The number of ether oxygens (including phenoxy) is 1. The van der Waals surface area contributed by atoms with Gasteiger partial charge in [-0.25, -0.2) is 0 Å². The molecule has 1 fully saturated rings. The summed E-state index contributed by atoms with van der Waals surface area (Å²) in [4.78, 5) is 47.7. The molecule has 1 aliphatic rings. The van der Waals surface area contributed by atoms with Gasteiger partial charge in [-0.05, 0) is 48.7 Å². The minimum absolute atomic E-state index is 0.117. The highest BCUT2D eigenvalue weighted by Crippen LogP contribution is 2.48. The van der Waals surface area contributed by atoms with Gasteiger partial charge in [0.05, 0.1) is 11.8 Å². The van der Waals surface area contributed by atoms with Gasteiger partial charge >= 0.3 is 11.9 Å². The first-order chi connectivity index (χ1) is 14.7. The van der Waals surface area contributed by atoms with Crippen molar-refractivity contribution in [3.8, 4) is 11.5 Å². The Kier molecular flexibility index (Phi) is 6.53. The predicted octanol–water partition coefficient (Wildman–Crippen LogP) is 3.39. The van der Waals surface area contributed by atoms with E-state index in [1.807, 2.05) is 24.3 Å². The molecule has 0 bridgehead atoms. The minimum atomic E-state index is -1.33. The number of carboxylic acids is 2. The van der Waals surface area contributed by atoms with E-state index >= 15 is 0 Å². The van der Waals surface area contributed by atoms with Crippen LogP contribution < -0.4 is 4.74 Å². The normalized spacial score (nSPS) is 22.3. The van der Waals surface area contributed by atoms with Gasteiger partial charge < -0.3 is 14.9 Å². The van der Waals surface area contributed by atoms with Crippen molar-refractivity contribution in [3.63, 3.8) is 0 Å². The van der Waals surface area contributed by atoms with E-state index in [1.54, 1.807) is 24.3 Å². The Bertz CT molecular complexity index is 970. The zero-order chi connectivity index (χ0) is 22.7. The third kappa shape index (κ3) is 4.66. The molecule has 0 radical (unpaired) electrons. The van der Waals surface area contributed by atoms with E-state index in [1.165, 1.54) is 5.56 Å². The van der Waals surface area contributed by atoms with Crippen molar-refractivity contribution < 1.29 is 34.1 Å². The van der Waals surface area contributed by atoms with Crippen LogP contribution in [-0.2, 0) is 32.0 Å². The van der Waals surface area contributed by atoms with Gasteiger partial charge in [-0.15, -0.1) is 0 Å². The summed E-state index contributed by atoms with van der Waals surface area (Å²) in [6, 6.07) is 14.4.